The maximum Gasteiger partial charge on any atom is 0.164 e. The largest absolute Gasteiger partial charge is 0.386 e. The molecule has 8 heteroatoms. The van der Waals surface area contributed by atoms with E-state index in [-0.39, 0.29) is 5.92 Å². The second kappa shape index (κ2) is 28.3. The number of aromatic nitrogens is 6. The summed E-state index contributed by atoms with van der Waals surface area (Å²) >= 11 is 0. The number of aliphatic imine (C=N–C) groups is 1. The van der Waals surface area contributed by atoms with Crippen LogP contribution in [0.25, 0.3) is 214 Å². The van der Waals surface area contributed by atoms with Crippen LogP contribution in [-0.2, 0) is 6.42 Å². The van der Waals surface area contributed by atoms with Gasteiger partial charge in [0.05, 0.1) is 66.5 Å². The highest BCUT2D eigenvalue weighted by Gasteiger charge is 2.30. The maximum atomic E-state index is 5.72. The van der Waals surface area contributed by atoms with E-state index in [9.17, 15) is 0 Å². The van der Waals surface area contributed by atoms with Gasteiger partial charge in [-0.3, -0.25) is 9.13 Å². The lowest BCUT2D eigenvalue weighted by molar-refractivity contribution is 0.764. The van der Waals surface area contributed by atoms with Crippen LogP contribution in [-0.4, -0.2) is 41.1 Å². The minimum atomic E-state index is 0.0658. The van der Waals surface area contributed by atoms with E-state index in [4.69, 9.17) is 15.0 Å². The van der Waals surface area contributed by atoms with Crippen molar-refractivity contribution in [1.29, 1.82) is 0 Å². The van der Waals surface area contributed by atoms with Crippen LogP contribution in [0.15, 0.2) is 405 Å². The molecule has 0 fully saturated rings. The van der Waals surface area contributed by atoms with Gasteiger partial charge < -0.3 is 14.5 Å². The Bertz CT molecular complexity index is 8740. The van der Waals surface area contributed by atoms with Crippen molar-refractivity contribution in [2.75, 3.05) is 12.4 Å². The molecule has 0 aliphatic heterocycles. The van der Waals surface area contributed by atoms with E-state index in [1.54, 1.807) is 0 Å². The third kappa shape index (κ3) is 11.3. The molecule has 1 atom stereocenters. The van der Waals surface area contributed by atoms with Crippen LogP contribution in [0.1, 0.15) is 30.2 Å². The SMILES string of the molecule is CNc1ccccc1N=C(Cc1ccc(-c2ccc3ccccc3c2)cc1)n1c2ccc(-n3c4ccccc4c4c5cccc(-c6ccc(C7=CC=C(c8nc9ccccc9nc8-n8c9ccc(-n%10c%11ccccc%11c%11cc%12ccccc%12cc%11%10)cc9c9c%10ccccc%10ccc98)C(C)C7)c(-c7ccccc7)c6)c5ccc43)cc2c2c3ccccc3ccc21. The number of fused-ring (bicyclic) bond motifs is 21. The van der Waals surface area contributed by atoms with E-state index in [2.05, 4.69) is 431 Å². The van der Waals surface area contributed by atoms with Gasteiger partial charge in [-0.15, -0.1) is 0 Å². The first kappa shape index (κ1) is 70.9. The number of benzene rings is 19. The van der Waals surface area contributed by atoms with Gasteiger partial charge in [-0.1, -0.05) is 292 Å². The van der Waals surface area contributed by atoms with E-state index < -0.39 is 0 Å². The Morgan fingerprint density at radius 2 is 0.879 bits per heavy atom. The number of rotatable bonds is 12. The number of hydrogen-bond acceptors (Lipinski definition) is 4. The highest BCUT2D eigenvalue weighted by Crippen LogP contribution is 2.49. The Morgan fingerprint density at radius 3 is 1.64 bits per heavy atom. The summed E-state index contributed by atoms with van der Waals surface area (Å²) < 4.78 is 9.78. The lowest BCUT2D eigenvalue weighted by Gasteiger charge is -2.25. The van der Waals surface area contributed by atoms with Crippen molar-refractivity contribution in [2.45, 2.75) is 19.8 Å². The third-order valence-corrected chi connectivity index (χ3v) is 26.4. The summed E-state index contributed by atoms with van der Waals surface area (Å²) in [5, 5.41) is 25.1. The number of nitrogens with one attached hydrogen (secondary N) is 1. The molecule has 1 aliphatic rings. The summed E-state index contributed by atoms with van der Waals surface area (Å²) in [6.07, 6.45) is 6.09. The molecule has 25 rings (SSSR count). The van der Waals surface area contributed by atoms with Gasteiger partial charge in [0, 0.05) is 67.9 Å². The highest BCUT2D eigenvalue weighted by atomic mass is 15.1. The van der Waals surface area contributed by atoms with Crippen molar-refractivity contribution in [3.63, 3.8) is 0 Å². The van der Waals surface area contributed by atoms with Gasteiger partial charge in [0.15, 0.2) is 5.82 Å². The predicted octanol–water partition coefficient (Wildman–Crippen LogP) is 30.2. The Balaban J connectivity index is 0.604. The van der Waals surface area contributed by atoms with Gasteiger partial charge in [-0.2, -0.15) is 0 Å². The van der Waals surface area contributed by atoms with Gasteiger partial charge in [-0.25, -0.2) is 15.0 Å². The van der Waals surface area contributed by atoms with Crippen molar-refractivity contribution < 1.29 is 0 Å². The zero-order valence-electron chi connectivity index (χ0n) is 68.2. The van der Waals surface area contributed by atoms with Crippen molar-refractivity contribution in [2.24, 2.45) is 10.9 Å². The van der Waals surface area contributed by atoms with Crippen molar-refractivity contribution in [3.05, 3.63) is 417 Å². The minimum Gasteiger partial charge on any atom is -0.386 e. The molecule has 24 aromatic rings. The van der Waals surface area contributed by atoms with Crippen molar-refractivity contribution in [1.82, 2.24) is 28.2 Å². The van der Waals surface area contributed by atoms with Crippen LogP contribution in [0.2, 0.25) is 0 Å². The standard InChI is InChI=1S/C116H78N8/c1-71-63-82(49-55-86(71)115-116(120-102-40-19-18-39-101(102)119-115)124-106-61-54-85(70-98(106)113-90-32-13-11-27-77(90)52-59-109(113)124)122-103-41-20-14-33-92(103)96-66-79-29-8-9-30-80(79)68-110(96)122)88-56-50-83(67-95(88)75-24-4-3-5-25-75)87-35-22-36-93-91(87)57-62-107-114(93)94-34-15-21-42-104(94)121(107)84-53-60-105-97(69-84)112-89-31-12-10-26-76(89)51-58-108(112)123(105)111(118-100-38-17-16-37-99(100)117-2)64-72-43-45-74(46-44-72)81-48-47-73-23-6-7-28-78(73)65-81/h3-62,65-71,117H,63-64H2,1-2H3. The van der Waals surface area contributed by atoms with Crippen LogP contribution < -0.4 is 5.32 Å². The monoisotopic (exact) mass is 1580 g/mol. The van der Waals surface area contributed by atoms with E-state index >= 15 is 0 Å². The van der Waals surface area contributed by atoms with Crippen LogP contribution in [0, 0.1) is 5.92 Å². The molecule has 1 N–H and O–H groups in total. The van der Waals surface area contributed by atoms with E-state index in [0.717, 1.165) is 113 Å². The average molecular weight is 1580 g/mol. The molecule has 1 aliphatic carbocycles. The van der Waals surface area contributed by atoms with Crippen LogP contribution in [0.5, 0.6) is 0 Å². The average Bonchev–Trinajstić information content (AvgIpc) is 1.56. The number of allylic oxidation sites excluding steroid dienone is 4. The van der Waals surface area contributed by atoms with E-state index in [1.807, 2.05) is 7.05 Å². The summed E-state index contributed by atoms with van der Waals surface area (Å²) in [5.41, 5.74) is 27.5. The quantitative estimate of drug-likeness (QED) is 0.0979. The number of anilines is 1. The molecule has 0 spiro atoms. The summed E-state index contributed by atoms with van der Waals surface area (Å²) in [5.74, 6) is 1.81. The molecular weight excluding hydrogens is 1510 g/mol. The molecule has 0 amide bonds. The Hall–Kier alpha value is -16.0. The summed E-state index contributed by atoms with van der Waals surface area (Å²) in [6.45, 7) is 2.37. The first-order chi connectivity index (χ1) is 61.3. The second-order valence-corrected chi connectivity index (χ2v) is 33.4. The number of para-hydroxylation sites is 6. The number of nitrogens with zero attached hydrogens (tertiary/aromatic N) is 7. The summed E-state index contributed by atoms with van der Waals surface area (Å²) in [7, 11) is 1.97. The predicted molar refractivity (Wildman–Crippen MR) is 524 cm³/mol. The Labute approximate surface area is 714 Å². The Morgan fingerprint density at radius 1 is 0.331 bits per heavy atom. The fraction of sp³-hybridized carbons (Fsp3) is 0.0431. The summed E-state index contributed by atoms with van der Waals surface area (Å²) in [6, 6.07) is 143. The topological polar surface area (TPSA) is 69.9 Å². The zero-order valence-corrected chi connectivity index (χ0v) is 68.2. The normalized spacial score (nSPS) is 13.5. The van der Waals surface area contributed by atoms with Crippen LogP contribution in [0.3, 0.4) is 0 Å². The minimum absolute atomic E-state index is 0.0658. The molecule has 5 aromatic heterocycles. The maximum absolute atomic E-state index is 5.72. The Kier molecular flexibility index (Phi) is 16.2. The van der Waals surface area contributed by atoms with Gasteiger partial charge >= 0.3 is 0 Å². The zero-order chi connectivity index (χ0) is 81.8. The summed E-state index contributed by atoms with van der Waals surface area (Å²) in [4.78, 5) is 17.1. The molecule has 0 saturated carbocycles. The number of hydrogen-bond donors (Lipinski definition) is 1. The third-order valence-electron chi connectivity index (χ3n) is 26.4. The van der Waals surface area contributed by atoms with Gasteiger partial charge in [0.25, 0.3) is 0 Å². The molecular formula is C116H78N8. The van der Waals surface area contributed by atoms with Crippen LogP contribution >= 0.6 is 0 Å². The molecule has 1 unspecified atom stereocenters. The molecule has 124 heavy (non-hydrogen) atoms. The van der Waals surface area contributed by atoms with Gasteiger partial charge in [0.1, 0.15) is 11.5 Å². The van der Waals surface area contributed by atoms with E-state index in [1.165, 1.54) is 142 Å². The first-order valence-electron chi connectivity index (χ1n) is 43.0. The lowest BCUT2D eigenvalue weighted by atomic mass is 9.81. The highest BCUT2D eigenvalue weighted by molar-refractivity contribution is 6.27. The first-order valence-corrected chi connectivity index (χ1v) is 43.0. The molecule has 19 aromatic carbocycles. The molecule has 0 radical (unpaired) electrons. The van der Waals surface area contributed by atoms with E-state index in [0.29, 0.717) is 6.42 Å². The van der Waals surface area contributed by atoms with Gasteiger partial charge in [0.2, 0.25) is 0 Å². The van der Waals surface area contributed by atoms with Gasteiger partial charge in [-0.05, 0) is 237 Å². The molecule has 5 heterocycles. The lowest BCUT2D eigenvalue weighted by Crippen LogP contribution is -2.15. The molecule has 582 valence electrons. The fourth-order valence-electron chi connectivity index (χ4n) is 20.7. The molecule has 0 saturated heterocycles. The second-order valence-electron chi connectivity index (χ2n) is 33.4. The van der Waals surface area contributed by atoms with Crippen LogP contribution in [0.4, 0.5) is 11.4 Å². The fourth-order valence-corrected chi connectivity index (χ4v) is 20.7. The van der Waals surface area contributed by atoms with Crippen molar-refractivity contribution >= 4 is 180 Å². The molecule has 8 nitrogen and oxygen atoms in total. The molecule has 0 bridgehead atoms. The smallest absolute Gasteiger partial charge is 0.164 e. The van der Waals surface area contributed by atoms with Crippen molar-refractivity contribution in [3.8, 4) is 50.6 Å².